The number of carbonyl (C=O) groups excluding carboxylic acids is 3. The molecule has 4 amide bonds. The third-order valence-electron chi connectivity index (χ3n) is 5.74. The predicted octanol–water partition coefficient (Wildman–Crippen LogP) is 6.16. The Morgan fingerprint density at radius 2 is 1.11 bits per heavy atom. The van der Waals surface area contributed by atoms with Crippen LogP contribution in [0, 0.1) is 25.5 Å². The molecule has 4 rings (SSSR count). The van der Waals surface area contributed by atoms with Crippen molar-refractivity contribution >= 4 is 41.0 Å². The van der Waals surface area contributed by atoms with E-state index >= 15 is 0 Å². The van der Waals surface area contributed by atoms with E-state index < -0.39 is 29.5 Å². The van der Waals surface area contributed by atoms with Crippen molar-refractivity contribution in [1.29, 1.82) is 0 Å². The van der Waals surface area contributed by atoms with Crippen LogP contribution >= 0.6 is 23.2 Å². The molecule has 0 atom stereocenters. The van der Waals surface area contributed by atoms with Crippen molar-refractivity contribution in [2.24, 2.45) is 0 Å². The van der Waals surface area contributed by atoms with E-state index in [9.17, 15) is 23.2 Å². The SMILES string of the molecule is Cc1onc(-c2c(F)cccc2Cl)c1C(=O)N(C)C(=O)N(C)C(=O)c1c(-c2c(F)cccc2Cl)noc1C. The minimum Gasteiger partial charge on any atom is -0.360 e. The third kappa shape index (κ3) is 4.54. The van der Waals surface area contributed by atoms with Crippen LogP contribution in [0.2, 0.25) is 10.0 Å². The summed E-state index contributed by atoms with van der Waals surface area (Å²) < 4.78 is 39.3. The summed E-state index contributed by atoms with van der Waals surface area (Å²) in [5.74, 6) is -3.43. The molecule has 0 aliphatic heterocycles. The zero-order valence-electron chi connectivity index (χ0n) is 20.3. The van der Waals surface area contributed by atoms with Gasteiger partial charge >= 0.3 is 6.03 Å². The lowest BCUT2D eigenvalue weighted by Gasteiger charge is -2.22. The summed E-state index contributed by atoms with van der Waals surface area (Å²) in [6.45, 7) is 2.80. The van der Waals surface area contributed by atoms with E-state index in [0.717, 1.165) is 26.2 Å². The van der Waals surface area contributed by atoms with E-state index in [4.69, 9.17) is 32.2 Å². The maximum absolute atomic E-state index is 14.6. The fraction of sp³-hybridized carbons (Fsp3) is 0.160. The summed E-state index contributed by atoms with van der Waals surface area (Å²) in [5, 5.41) is 7.45. The van der Waals surface area contributed by atoms with Crippen LogP contribution in [0.1, 0.15) is 32.2 Å². The molecule has 0 N–H and O–H groups in total. The van der Waals surface area contributed by atoms with Gasteiger partial charge in [0.05, 0.1) is 21.2 Å². The molecule has 0 saturated heterocycles. The fourth-order valence-corrected chi connectivity index (χ4v) is 4.28. The molecule has 0 spiro atoms. The maximum Gasteiger partial charge on any atom is 0.333 e. The van der Waals surface area contributed by atoms with E-state index in [2.05, 4.69) is 10.3 Å². The second-order valence-electron chi connectivity index (χ2n) is 8.13. The zero-order valence-corrected chi connectivity index (χ0v) is 21.8. The number of halogens is 4. The number of urea groups is 1. The van der Waals surface area contributed by atoms with Crippen LogP contribution in [0.15, 0.2) is 45.4 Å². The Labute approximate surface area is 224 Å². The molecule has 13 heteroatoms. The summed E-state index contributed by atoms with van der Waals surface area (Å²) in [5.41, 5.74) is -1.26. The number of carbonyl (C=O) groups is 3. The van der Waals surface area contributed by atoms with Gasteiger partial charge in [-0.25, -0.2) is 13.6 Å². The van der Waals surface area contributed by atoms with Crippen molar-refractivity contribution in [3.63, 3.8) is 0 Å². The van der Waals surface area contributed by atoms with E-state index in [1.54, 1.807) is 0 Å². The second kappa shape index (κ2) is 10.3. The Morgan fingerprint density at radius 1 is 0.737 bits per heavy atom. The van der Waals surface area contributed by atoms with Crippen LogP contribution in [0.4, 0.5) is 13.6 Å². The molecule has 4 aromatic rings. The fourth-order valence-electron chi connectivity index (χ4n) is 3.77. The van der Waals surface area contributed by atoms with Gasteiger partial charge in [0.15, 0.2) is 0 Å². The number of amides is 4. The lowest BCUT2D eigenvalue weighted by Crippen LogP contribution is -2.45. The Morgan fingerprint density at radius 3 is 1.45 bits per heavy atom. The summed E-state index contributed by atoms with van der Waals surface area (Å²) in [6.07, 6.45) is 0. The number of aryl methyl sites for hydroxylation is 2. The number of rotatable bonds is 4. The van der Waals surface area contributed by atoms with E-state index in [0.29, 0.717) is 9.80 Å². The minimum absolute atomic E-state index is 0.00990. The molecule has 0 unspecified atom stereocenters. The first-order valence-electron chi connectivity index (χ1n) is 10.9. The molecule has 2 aromatic carbocycles. The zero-order chi connectivity index (χ0) is 27.9. The van der Waals surface area contributed by atoms with Crippen LogP contribution in [-0.2, 0) is 0 Å². The van der Waals surface area contributed by atoms with Gasteiger partial charge in [0, 0.05) is 14.1 Å². The molecule has 2 heterocycles. The van der Waals surface area contributed by atoms with Gasteiger partial charge in [-0.1, -0.05) is 45.6 Å². The summed E-state index contributed by atoms with van der Waals surface area (Å²) >= 11 is 12.3. The first-order chi connectivity index (χ1) is 18.0. The van der Waals surface area contributed by atoms with E-state index in [1.165, 1.54) is 38.1 Å². The van der Waals surface area contributed by atoms with Gasteiger partial charge in [0.25, 0.3) is 11.8 Å². The average Bonchev–Trinajstić information content (AvgIpc) is 3.44. The van der Waals surface area contributed by atoms with Gasteiger partial charge in [-0.3, -0.25) is 19.4 Å². The number of nitrogens with zero attached hydrogens (tertiary/aromatic N) is 4. The lowest BCUT2D eigenvalue weighted by atomic mass is 10.0. The summed E-state index contributed by atoms with van der Waals surface area (Å²) in [4.78, 5) is 41.1. The van der Waals surface area contributed by atoms with E-state index in [1.807, 2.05) is 0 Å². The van der Waals surface area contributed by atoms with Crippen LogP contribution in [0.5, 0.6) is 0 Å². The molecule has 196 valence electrons. The highest BCUT2D eigenvalue weighted by Gasteiger charge is 2.35. The van der Waals surface area contributed by atoms with Crippen molar-refractivity contribution in [2.45, 2.75) is 13.8 Å². The van der Waals surface area contributed by atoms with Crippen molar-refractivity contribution in [3.8, 4) is 22.5 Å². The van der Waals surface area contributed by atoms with Crippen LogP contribution < -0.4 is 0 Å². The van der Waals surface area contributed by atoms with Gasteiger partial charge in [-0.05, 0) is 38.1 Å². The molecule has 38 heavy (non-hydrogen) atoms. The highest BCUT2D eigenvalue weighted by Crippen LogP contribution is 2.35. The monoisotopic (exact) mass is 562 g/mol. The van der Waals surface area contributed by atoms with Gasteiger partial charge in [0.2, 0.25) is 0 Å². The molecule has 0 aliphatic carbocycles. The lowest BCUT2D eigenvalue weighted by molar-refractivity contribution is 0.0737. The Bertz CT molecular complexity index is 1440. The molecule has 9 nitrogen and oxygen atoms in total. The minimum atomic E-state index is -1.07. The molecule has 0 fully saturated rings. The maximum atomic E-state index is 14.6. The predicted molar refractivity (Wildman–Crippen MR) is 133 cm³/mol. The van der Waals surface area contributed by atoms with Crippen molar-refractivity contribution < 1.29 is 32.2 Å². The molecular formula is C25H18Cl2F2N4O5. The average molecular weight is 563 g/mol. The van der Waals surface area contributed by atoms with Gasteiger partial charge < -0.3 is 9.05 Å². The number of hydrogen-bond donors (Lipinski definition) is 0. The third-order valence-corrected chi connectivity index (χ3v) is 6.37. The van der Waals surface area contributed by atoms with Crippen LogP contribution in [0.25, 0.3) is 22.5 Å². The normalized spacial score (nSPS) is 10.9. The van der Waals surface area contributed by atoms with Crippen molar-refractivity contribution in [3.05, 3.63) is 80.7 Å². The molecule has 2 aromatic heterocycles. The van der Waals surface area contributed by atoms with Crippen molar-refractivity contribution in [2.75, 3.05) is 14.1 Å². The second-order valence-corrected chi connectivity index (χ2v) is 8.94. The quantitative estimate of drug-likeness (QED) is 0.292. The van der Waals surface area contributed by atoms with Crippen LogP contribution in [-0.4, -0.2) is 52.1 Å². The molecule has 0 bridgehead atoms. The topological polar surface area (TPSA) is 110 Å². The molecule has 0 aliphatic rings. The first kappa shape index (κ1) is 27.0. The number of imide groups is 2. The highest BCUT2D eigenvalue weighted by molar-refractivity contribution is 6.34. The number of benzene rings is 2. The Balaban J connectivity index is 1.67. The Kier molecular flexibility index (Phi) is 7.34. The molecular weight excluding hydrogens is 545 g/mol. The molecule has 0 radical (unpaired) electrons. The van der Waals surface area contributed by atoms with E-state index in [-0.39, 0.29) is 55.2 Å². The van der Waals surface area contributed by atoms with Gasteiger partial charge in [0.1, 0.15) is 45.7 Å². The number of hydrogen-bond acceptors (Lipinski definition) is 7. The van der Waals surface area contributed by atoms with Crippen LogP contribution in [0.3, 0.4) is 0 Å². The number of aromatic nitrogens is 2. The smallest absolute Gasteiger partial charge is 0.333 e. The summed E-state index contributed by atoms with van der Waals surface area (Å²) in [7, 11) is 2.23. The van der Waals surface area contributed by atoms with Gasteiger partial charge in [-0.15, -0.1) is 0 Å². The first-order valence-corrected chi connectivity index (χ1v) is 11.6. The highest BCUT2D eigenvalue weighted by atomic mass is 35.5. The standard InChI is InChI=1S/C25H18Cl2F2N4O5/c1-11-17(21(30-37-11)19-13(26)7-5-9-15(19)28)23(34)32(3)25(36)33(4)24(35)18-12(2)38-31-22(18)20-14(27)8-6-10-16(20)29/h5-10H,1-4H3. The van der Waals surface area contributed by atoms with Crippen molar-refractivity contribution in [1.82, 2.24) is 20.1 Å². The largest absolute Gasteiger partial charge is 0.360 e. The summed E-state index contributed by atoms with van der Waals surface area (Å²) in [6, 6.07) is 6.74. The Hall–Kier alpha value is -4.09. The van der Waals surface area contributed by atoms with Gasteiger partial charge in [-0.2, -0.15) is 0 Å². The molecule has 0 saturated carbocycles.